The molecular weight excluding hydrogens is 252 g/mol. The Kier molecular flexibility index (Phi) is 4.45. The number of aromatic nitrogens is 1. The Balaban J connectivity index is 1.97. The van der Waals surface area contributed by atoms with Crippen molar-refractivity contribution >= 4 is 5.97 Å². The van der Waals surface area contributed by atoms with E-state index in [9.17, 15) is 13.6 Å². The molecule has 0 bridgehead atoms. The highest BCUT2D eigenvalue weighted by atomic mass is 19.3. The number of alkyl halides is 2. The standard InChI is InChI=1S/C14H17F2NO2/c1-9(18)19-11-7-5-10(6-8-11)12-3-2-4-13(17-12)14(15)16/h2-4,10-11,14H,5-8H2,1H3. The van der Waals surface area contributed by atoms with Gasteiger partial charge in [0.1, 0.15) is 11.8 Å². The topological polar surface area (TPSA) is 39.2 Å². The van der Waals surface area contributed by atoms with Gasteiger partial charge in [-0.15, -0.1) is 0 Å². The lowest BCUT2D eigenvalue weighted by molar-refractivity contribution is -0.147. The molecule has 0 aromatic carbocycles. The zero-order chi connectivity index (χ0) is 13.8. The highest BCUT2D eigenvalue weighted by molar-refractivity contribution is 5.66. The smallest absolute Gasteiger partial charge is 0.302 e. The molecule has 1 aliphatic carbocycles. The third kappa shape index (κ3) is 3.72. The second-order valence-corrected chi connectivity index (χ2v) is 4.87. The van der Waals surface area contributed by atoms with Gasteiger partial charge < -0.3 is 4.74 Å². The summed E-state index contributed by atoms with van der Waals surface area (Å²) in [6, 6.07) is 4.77. The Morgan fingerprint density at radius 1 is 1.32 bits per heavy atom. The first-order valence-corrected chi connectivity index (χ1v) is 6.48. The van der Waals surface area contributed by atoms with E-state index in [1.807, 2.05) is 0 Å². The molecule has 5 heteroatoms. The Morgan fingerprint density at radius 2 is 2.00 bits per heavy atom. The first kappa shape index (κ1) is 13.9. The molecule has 0 atom stereocenters. The quantitative estimate of drug-likeness (QED) is 0.787. The van der Waals surface area contributed by atoms with Gasteiger partial charge in [0.2, 0.25) is 0 Å². The summed E-state index contributed by atoms with van der Waals surface area (Å²) in [7, 11) is 0. The third-order valence-electron chi connectivity index (χ3n) is 3.44. The number of hydrogen-bond donors (Lipinski definition) is 0. The average molecular weight is 269 g/mol. The number of nitrogens with zero attached hydrogens (tertiary/aromatic N) is 1. The lowest BCUT2D eigenvalue weighted by atomic mass is 9.85. The fourth-order valence-corrected chi connectivity index (χ4v) is 2.53. The van der Waals surface area contributed by atoms with Crippen molar-refractivity contribution in [3.05, 3.63) is 29.6 Å². The number of ether oxygens (including phenoxy) is 1. The van der Waals surface area contributed by atoms with Crippen LogP contribution in [0, 0.1) is 0 Å². The van der Waals surface area contributed by atoms with Crippen molar-refractivity contribution in [1.82, 2.24) is 4.98 Å². The summed E-state index contributed by atoms with van der Waals surface area (Å²) in [5, 5.41) is 0. The predicted molar refractivity (Wildman–Crippen MR) is 66.0 cm³/mol. The number of halogens is 2. The van der Waals surface area contributed by atoms with Crippen LogP contribution in [0.5, 0.6) is 0 Å². The van der Waals surface area contributed by atoms with Crippen LogP contribution in [0.3, 0.4) is 0 Å². The second-order valence-electron chi connectivity index (χ2n) is 4.87. The molecule has 19 heavy (non-hydrogen) atoms. The fraction of sp³-hybridized carbons (Fsp3) is 0.571. The predicted octanol–water partition coefficient (Wildman–Crippen LogP) is 3.61. The van der Waals surface area contributed by atoms with Gasteiger partial charge >= 0.3 is 5.97 Å². The van der Waals surface area contributed by atoms with Gasteiger partial charge in [0.25, 0.3) is 6.43 Å². The van der Waals surface area contributed by atoms with E-state index in [2.05, 4.69) is 4.98 Å². The van der Waals surface area contributed by atoms with Gasteiger partial charge in [0.15, 0.2) is 0 Å². The molecule has 2 rings (SSSR count). The Bertz CT molecular complexity index is 443. The van der Waals surface area contributed by atoms with Gasteiger partial charge in [-0.3, -0.25) is 9.78 Å². The summed E-state index contributed by atoms with van der Waals surface area (Å²) in [5.74, 6) is -0.0771. The van der Waals surface area contributed by atoms with Crippen LogP contribution in [0.15, 0.2) is 18.2 Å². The number of rotatable bonds is 3. The van der Waals surface area contributed by atoms with Gasteiger partial charge in [-0.25, -0.2) is 8.78 Å². The molecule has 1 fully saturated rings. The normalized spacial score (nSPS) is 23.4. The van der Waals surface area contributed by atoms with Gasteiger partial charge in [-0.2, -0.15) is 0 Å². The highest BCUT2D eigenvalue weighted by Gasteiger charge is 2.25. The van der Waals surface area contributed by atoms with Crippen LogP contribution in [-0.4, -0.2) is 17.1 Å². The molecule has 0 amide bonds. The van der Waals surface area contributed by atoms with Crippen molar-refractivity contribution in [2.45, 2.75) is 51.1 Å². The van der Waals surface area contributed by atoms with Crippen molar-refractivity contribution in [2.24, 2.45) is 0 Å². The minimum Gasteiger partial charge on any atom is -0.463 e. The molecule has 1 aromatic heterocycles. The summed E-state index contributed by atoms with van der Waals surface area (Å²) in [6.07, 6.45) is 0.606. The summed E-state index contributed by atoms with van der Waals surface area (Å²) < 4.78 is 30.4. The van der Waals surface area contributed by atoms with E-state index in [1.165, 1.54) is 13.0 Å². The first-order valence-electron chi connectivity index (χ1n) is 6.48. The molecular formula is C14H17F2NO2. The van der Waals surface area contributed by atoms with Crippen LogP contribution in [0.1, 0.15) is 56.3 Å². The molecule has 104 valence electrons. The molecule has 0 aliphatic heterocycles. The van der Waals surface area contributed by atoms with E-state index < -0.39 is 6.43 Å². The van der Waals surface area contributed by atoms with E-state index >= 15 is 0 Å². The van der Waals surface area contributed by atoms with Crippen molar-refractivity contribution in [3.8, 4) is 0 Å². The van der Waals surface area contributed by atoms with E-state index in [0.29, 0.717) is 0 Å². The van der Waals surface area contributed by atoms with Gasteiger partial charge in [0, 0.05) is 18.5 Å². The molecule has 3 nitrogen and oxygen atoms in total. The molecule has 0 unspecified atom stereocenters. The summed E-state index contributed by atoms with van der Waals surface area (Å²) in [6.45, 7) is 1.40. The minimum absolute atomic E-state index is 0.0352. The Hall–Kier alpha value is -1.52. The molecule has 0 saturated heterocycles. The minimum atomic E-state index is -2.53. The van der Waals surface area contributed by atoms with Crippen molar-refractivity contribution in [2.75, 3.05) is 0 Å². The SMILES string of the molecule is CC(=O)OC1CCC(c2cccc(C(F)F)n2)CC1. The van der Waals surface area contributed by atoms with Crippen molar-refractivity contribution in [1.29, 1.82) is 0 Å². The van der Waals surface area contributed by atoms with Crippen molar-refractivity contribution < 1.29 is 18.3 Å². The summed E-state index contributed by atoms with van der Waals surface area (Å²) in [5.41, 5.74) is 0.554. The van der Waals surface area contributed by atoms with Crippen molar-refractivity contribution in [3.63, 3.8) is 0 Å². The van der Waals surface area contributed by atoms with Crippen LogP contribution in [-0.2, 0) is 9.53 Å². The maximum Gasteiger partial charge on any atom is 0.302 e. The molecule has 1 heterocycles. The number of esters is 1. The second kappa shape index (κ2) is 6.08. The van der Waals surface area contributed by atoms with E-state index in [0.717, 1.165) is 31.4 Å². The van der Waals surface area contributed by atoms with Crippen LogP contribution in [0.4, 0.5) is 8.78 Å². The van der Waals surface area contributed by atoms with E-state index in [1.54, 1.807) is 12.1 Å². The lowest BCUT2D eigenvalue weighted by Gasteiger charge is -2.27. The van der Waals surface area contributed by atoms with Crippen LogP contribution < -0.4 is 0 Å². The molecule has 1 aliphatic rings. The average Bonchev–Trinajstić information content (AvgIpc) is 2.39. The number of pyridine rings is 1. The highest BCUT2D eigenvalue weighted by Crippen LogP contribution is 2.33. The summed E-state index contributed by atoms with van der Waals surface area (Å²) in [4.78, 5) is 14.9. The molecule has 0 radical (unpaired) electrons. The zero-order valence-electron chi connectivity index (χ0n) is 10.8. The Morgan fingerprint density at radius 3 is 2.58 bits per heavy atom. The number of carbonyl (C=O) groups excluding carboxylic acids is 1. The van der Waals surface area contributed by atoms with E-state index in [4.69, 9.17) is 4.74 Å². The van der Waals surface area contributed by atoms with Gasteiger partial charge in [0.05, 0.1) is 0 Å². The lowest BCUT2D eigenvalue weighted by Crippen LogP contribution is -2.23. The molecule has 1 saturated carbocycles. The van der Waals surface area contributed by atoms with Gasteiger partial charge in [-0.1, -0.05) is 6.07 Å². The molecule has 0 spiro atoms. The zero-order valence-corrected chi connectivity index (χ0v) is 10.8. The summed E-state index contributed by atoms with van der Waals surface area (Å²) >= 11 is 0. The molecule has 1 aromatic rings. The number of carbonyl (C=O) groups is 1. The largest absolute Gasteiger partial charge is 0.463 e. The van der Waals surface area contributed by atoms with Gasteiger partial charge in [-0.05, 0) is 37.8 Å². The number of hydrogen-bond acceptors (Lipinski definition) is 3. The fourth-order valence-electron chi connectivity index (χ4n) is 2.53. The maximum absolute atomic E-state index is 12.6. The first-order chi connectivity index (χ1) is 9.06. The monoisotopic (exact) mass is 269 g/mol. The molecule has 0 N–H and O–H groups in total. The van der Waals surface area contributed by atoms with E-state index in [-0.39, 0.29) is 23.7 Å². The van der Waals surface area contributed by atoms with Crippen LogP contribution >= 0.6 is 0 Å². The Labute approximate surface area is 111 Å². The third-order valence-corrected chi connectivity index (χ3v) is 3.44. The van der Waals surface area contributed by atoms with Crippen LogP contribution in [0.25, 0.3) is 0 Å². The van der Waals surface area contributed by atoms with Crippen LogP contribution in [0.2, 0.25) is 0 Å². The maximum atomic E-state index is 12.6.